The van der Waals surface area contributed by atoms with Crippen molar-refractivity contribution in [3.63, 3.8) is 0 Å². The smallest absolute Gasteiger partial charge is 0.313 e. The second-order valence-electron chi connectivity index (χ2n) is 15.5. The number of hydrogen-bond donors (Lipinski definition) is 1. The van der Waals surface area contributed by atoms with Crippen LogP contribution in [0, 0.1) is 19.3 Å². The number of unbranched alkanes of at least 4 members (excludes halogenated alkanes) is 1. The van der Waals surface area contributed by atoms with Gasteiger partial charge in [-0.15, -0.1) is 0 Å². The van der Waals surface area contributed by atoms with E-state index in [1.807, 2.05) is 45.9 Å². The molecule has 11 nitrogen and oxygen atoms in total. The number of esters is 1. The van der Waals surface area contributed by atoms with Crippen molar-refractivity contribution in [3.8, 4) is 0 Å². The number of para-hydroxylation sites is 1. The Kier molecular flexibility index (Phi) is 13.7. The third kappa shape index (κ3) is 11.0. The summed E-state index contributed by atoms with van der Waals surface area (Å²) in [5, 5.41) is 3.58. The summed E-state index contributed by atoms with van der Waals surface area (Å²) < 4.78 is 13.9. The monoisotopic (exact) mass is 757 g/mol. The molecule has 14 heteroatoms. The first-order chi connectivity index (χ1) is 23.9. The number of carbonyl (C=O) groups is 2. The van der Waals surface area contributed by atoms with E-state index < -0.39 is 13.7 Å². The topological polar surface area (TPSA) is 114 Å². The molecule has 0 bridgehead atoms. The van der Waals surface area contributed by atoms with Crippen molar-refractivity contribution >= 4 is 60.5 Å². The summed E-state index contributed by atoms with van der Waals surface area (Å²) in [7, 11) is -1.77. The van der Waals surface area contributed by atoms with Crippen LogP contribution in [0.2, 0.25) is 23.2 Å². The summed E-state index contributed by atoms with van der Waals surface area (Å²) in [5.41, 5.74) is 0.760. The Balaban J connectivity index is 1.55. The highest BCUT2D eigenvalue weighted by Gasteiger charge is 2.37. The molecule has 1 aromatic carbocycles. The average molecular weight is 759 g/mol. The summed E-state index contributed by atoms with van der Waals surface area (Å²) in [6.07, 6.45) is 4.29. The molecule has 0 saturated carbocycles. The number of aromatic nitrogens is 3. The maximum atomic E-state index is 13.5. The molecular weight excluding hydrogens is 702 g/mol. The Labute approximate surface area is 313 Å². The Hall–Kier alpha value is -3.10. The zero-order valence-electron chi connectivity index (χ0n) is 32.1. The molecule has 0 spiro atoms. The fourth-order valence-electron chi connectivity index (χ4n) is 5.38. The molecule has 0 aliphatic carbocycles. The molecule has 0 radical (unpaired) electrons. The van der Waals surface area contributed by atoms with E-state index >= 15 is 0 Å². The minimum Gasteiger partial charge on any atom is -0.443 e. The van der Waals surface area contributed by atoms with Crippen LogP contribution >= 0.6 is 22.9 Å². The van der Waals surface area contributed by atoms with E-state index in [4.69, 9.17) is 30.7 Å². The molecule has 0 unspecified atom stereocenters. The van der Waals surface area contributed by atoms with Crippen LogP contribution in [0.3, 0.4) is 0 Å². The molecule has 1 fully saturated rings. The number of halogens is 1. The first-order valence-electron chi connectivity index (χ1n) is 17.9. The number of rotatable bonds is 14. The summed E-state index contributed by atoms with van der Waals surface area (Å²) in [6, 6.07) is 7.33. The van der Waals surface area contributed by atoms with Crippen LogP contribution in [0.5, 0.6) is 0 Å². The molecule has 1 aliphatic rings. The van der Waals surface area contributed by atoms with Gasteiger partial charge in [-0.1, -0.05) is 75.6 Å². The molecule has 3 aromatic rings. The number of benzene rings is 1. The third-order valence-electron chi connectivity index (χ3n) is 9.84. The van der Waals surface area contributed by atoms with E-state index in [-0.39, 0.29) is 23.6 Å². The predicted octanol–water partition coefficient (Wildman–Crippen LogP) is 7.96. The van der Waals surface area contributed by atoms with Crippen molar-refractivity contribution in [2.24, 2.45) is 10.4 Å². The largest absolute Gasteiger partial charge is 0.443 e. The van der Waals surface area contributed by atoms with Crippen LogP contribution in [0.25, 0.3) is 0 Å². The van der Waals surface area contributed by atoms with E-state index in [2.05, 4.69) is 60.9 Å². The van der Waals surface area contributed by atoms with Gasteiger partial charge in [0.05, 0.1) is 16.1 Å². The van der Waals surface area contributed by atoms with Crippen molar-refractivity contribution in [2.45, 2.75) is 99.5 Å². The minimum absolute atomic E-state index is 0.0971. The number of anilines is 2. The zero-order chi connectivity index (χ0) is 37.6. The molecule has 1 aliphatic heterocycles. The molecular formula is C37H56ClN7O4SSi. The van der Waals surface area contributed by atoms with Crippen molar-refractivity contribution in [1.82, 2.24) is 19.4 Å². The highest BCUT2D eigenvalue weighted by molar-refractivity contribution is 7.11. The summed E-state index contributed by atoms with van der Waals surface area (Å²) in [6.45, 7) is 26.0. The second-order valence-corrected chi connectivity index (χ2v) is 21.7. The van der Waals surface area contributed by atoms with Gasteiger partial charge < -0.3 is 19.4 Å². The van der Waals surface area contributed by atoms with Crippen LogP contribution in [0.1, 0.15) is 81.9 Å². The van der Waals surface area contributed by atoms with Gasteiger partial charge in [-0.3, -0.25) is 19.1 Å². The fraction of sp³-hybridized carbons (Fsp3) is 0.595. The lowest BCUT2D eigenvalue weighted by Crippen LogP contribution is -2.49. The van der Waals surface area contributed by atoms with E-state index in [1.54, 1.807) is 16.8 Å². The zero-order valence-corrected chi connectivity index (χ0v) is 34.6. The number of piperazine rings is 1. The minimum atomic E-state index is -1.77. The van der Waals surface area contributed by atoms with Gasteiger partial charge in [-0.2, -0.15) is 0 Å². The molecule has 1 N–H and O–H groups in total. The van der Waals surface area contributed by atoms with Gasteiger partial charge in [0.15, 0.2) is 25.7 Å². The fourth-order valence-corrected chi connectivity index (χ4v) is 7.56. The normalized spacial score (nSPS) is 15.0. The summed E-state index contributed by atoms with van der Waals surface area (Å²) in [4.78, 5) is 46.4. The Morgan fingerprint density at radius 3 is 2.43 bits per heavy atom. The van der Waals surface area contributed by atoms with Gasteiger partial charge in [0, 0.05) is 51.6 Å². The molecule has 280 valence electrons. The van der Waals surface area contributed by atoms with Crippen LogP contribution in [-0.4, -0.2) is 79.0 Å². The van der Waals surface area contributed by atoms with Gasteiger partial charge >= 0.3 is 5.97 Å². The molecule has 51 heavy (non-hydrogen) atoms. The quantitative estimate of drug-likeness (QED) is 0.130. The number of hydrogen-bond acceptors (Lipinski definition) is 10. The van der Waals surface area contributed by atoms with Crippen molar-refractivity contribution in [3.05, 3.63) is 56.6 Å². The number of amides is 1. The lowest BCUT2D eigenvalue weighted by Gasteiger charge is -2.38. The van der Waals surface area contributed by atoms with Gasteiger partial charge in [0.1, 0.15) is 16.5 Å². The van der Waals surface area contributed by atoms with Crippen molar-refractivity contribution in [2.75, 3.05) is 49.5 Å². The number of thiazole rings is 1. The molecule has 1 amide bonds. The van der Waals surface area contributed by atoms with E-state index in [1.165, 1.54) is 11.3 Å². The molecule has 3 heterocycles. The standard InChI is InChI=1S/C37H56ClN7O4SSi/c1-11-12-16-37(7,8)34(47)48-25-45-24-29(33(46)42-32-26(2)14-13-15-28(32)38)50-35(45)41-30-23-31(40-27(3)39-30)44-19-17-43(18-20-44)21-22-49-51(9,10)36(4,5)6/h13-15,23-24H,11-12,16-22,25H2,1-10H3,(H,42,46)/b41-35-. The maximum Gasteiger partial charge on any atom is 0.313 e. The van der Waals surface area contributed by atoms with Crippen molar-refractivity contribution in [1.29, 1.82) is 0 Å². The van der Waals surface area contributed by atoms with Crippen LogP contribution in [0.15, 0.2) is 35.5 Å². The first-order valence-corrected chi connectivity index (χ1v) is 22.0. The summed E-state index contributed by atoms with van der Waals surface area (Å²) >= 11 is 7.59. The predicted molar refractivity (Wildman–Crippen MR) is 210 cm³/mol. The van der Waals surface area contributed by atoms with Crippen LogP contribution in [0.4, 0.5) is 17.3 Å². The Morgan fingerprint density at radius 1 is 1.08 bits per heavy atom. The molecule has 0 atom stereocenters. The van der Waals surface area contributed by atoms with Gasteiger partial charge in [0.25, 0.3) is 5.91 Å². The highest BCUT2D eigenvalue weighted by Crippen LogP contribution is 2.36. The summed E-state index contributed by atoms with van der Waals surface area (Å²) in [5.74, 6) is 1.22. The van der Waals surface area contributed by atoms with Gasteiger partial charge in [-0.25, -0.2) is 15.0 Å². The Bertz CT molecular complexity index is 1720. The number of nitrogens with zero attached hydrogens (tertiary/aromatic N) is 6. The number of carbonyl (C=O) groups excluding carboxylic acids is 2. The third-order valence-corrected chi connectivity index (χ3v) is 15.7. The van der Waals surface area contributed by atoms with E-state index in [9.17, 15) is 9.59 Å². The van der Waals surface area contributed by atoms with Crippen molar-refractivity contribution < 1.29 is 18.8 Å². The lowest BCUT2D eigenvalue weighted by molar-refractivity contribution is -0.158. The van der Waals surface area contributed by atoms with E-state index in [0.717, 1.165) is 70.0 Å². The van der Waals surface area contributed by atoms with Crippen LogP contribution < -0.4 is 15.0 Å². The highest BCUT2D eigenvalue weighted by atomic mass is 35.5. The number of aryl methyl sites for hydroxylation is 2. The maximum absolute atomic E-state index is 13.5. The molecule has 4 rings (SSSR count). The van der Waals surface area contributed by atoms with Gasteiger partial charge in [0.2, 0.25) is 0 Å². The second kappa shape index (κ2) is 17.1. The Morgan fingerprint density at radius 2 is 1.78 bits per heavy atom. The number of ether oxygens (including phenoxy) is 1. The lowest BCUT2D eigenvalue weighted by atomic mass is 9.87. The number of nitrogens with one attached hydrogen (secondary N) is 1. The van der Waals surface area contributed by atoms with Gasteiger partial charge in [-0.05, 0) is 63.9 Å². The molecule has 2 aromatic heterocycles. The first kappa shape index (κ1) is 40.7. The average Bonchev–Trinajstić information content (AvgIpc) is 3.46. The van der Waals surface area contributed by atoms with Crippen LogP contribution in [-0.2, 0) is 20.7 Å². The SMILES string of the molecule is CCCCC(C)(C)C(=O)OCn1cc(C(=O)Nc2c(C)cccc2Cl)s/c1=N\c1cc(N2CCN(CCO[Si](C)(C)C(C)(C)C)CC2)nc(C)n1. The molecule has 1 saturated heterocycles. The van der Waals surface area contributed by atoms with E-state index in [0.29, 0.717) is 32.0 Å².